The first-order chi connectivity index (χ1) is 13.3. The molecular formula is C22H27NO4. The van der Waals surface area contributed by atoms with Crippen molar-refractivity contribution in [3.05, 3.63) is 59.7 Å². The molecule has 5 heteroatoms. The second-order valence-electron chi connectivity index (χ2n) is 6.66. The van der Waals surface area contributed by atoms with E-state index in [9.17, 15) is 4.79 Å². The molecule has 1 amide bonds. The summed E-state index contributed by atoms with van der Waals surface area (Å²) in [5.41, 5.74) is 2.36. The van der Waals surface area contributed by atoms with Gasteiger partial charge in [0.05, 0.1) is 13.7 Å². The molecule has 1 saturated heterocycles. The monoisotopic (exact) mass is 369 g/mol. The molecule has 0 aliphatic carbocycles. The second kappa shape index (κ2) is 9.97. The fourth-order valence-electron chi connectivity index (χ4n) is 3.15. The third kappa shape index (κ3) is 5.73. The van der Waals surface area contributed by atoms with Crippen LogP contribution in [-0.2, 0) is 16.0 Å². The molecule has 0 saturated carbocycles. The van der Waals surface area contributed by atoms with Gasteiger partial charge in [0.25, 0.3) is 0 Å². The van der Waals surface area contributed by atoms with E-state index in [1.54, 1.807) is 7.11 Å². The summed E-state index contributed by atoms with van der Waals surface area (Å²) in [6, 6.07) is 16.3. The average molecular weight is 369 g/mol. The Morgan fingerprint density at radius 1 is 1.07 bits per heavy atom. The van der Waals surface area contributed by atoms with Crippen LogP contribution in [0.25, 0.3) is 0 Å². The van der Waals surface area contributed by atoms with E-state index >= 15 is 0 Å². The van der Waals surface area contributed by atoms with Crippen LogP contribution in [0.3, 0.4) is 0 Å². The van der Waals surface area contributed by atoms with Gasteiger partial charge < -0.3 is 19.5 Å². The number of morpholine rings is 1. The van der Waals surface area contributed by atoms with Gasteiger partial charge in [0.15, 0.2) is 11.5 Å². The van der Waals surface area contributed by atoms with E-state index in [0.717, 1.165) is 37.0 Å². The lowest BCUT2D eigenvalue weighted by Crippen LogP contribution is -2.38. The summed E-state index contributed by atoms with van der Waals surface area (Å²) in [5.74, 6) is 1.35. The first-order valence-corrected chi connectivity index (χ1v) is 9.49. The number of carbonyl (C=O) groups is 1. The number of hydrogen-bond acceptors (Lipinski definition) is 4. The van der Waals surface area contributed by atoms with E-state index in [2.05, 4.69) is 29.6 Å². The molecule has 0 spiro atoms. The fraction of sp³-hybridized carbons (Fsp3) is 0.409. The van der Waals surface area contributed by atoms with Crippen LogP contribution < -0.4 is 14.8 Å². The highest BCUT2D eigenvalue weighted by Gasteiger charge is 2.21. The number of amides is 1. The third-order valence-electron chi connectivity index (χ3n) is 4.67. The predicted molar refractivity (Wildman–Crippen MR) is 104 cm³/mol. The standard InChI is InChI=1S/C22H27NO4/c1-25-19-12-11-18(21-15-23-22(24)16-27-21)14-20(19)26-13-7-3-6-10-17-8-4-2-5-9-17/h2,4-5,8-9,11-12,14,21H,3,6-7,10,13,15-16H2,1H3,(H,23,24). The van der Waals surface area contributed by atoms with Gasteiger partial charge in [-0.1, -0.05) is 36.4 Å². The number of carbonyl (C=O) groups excluding carboxylic acids is 1. The van der Waals surface area contributed by atoms with Crippen molar-refractivity contribution in [2.75, 3.05) is 26.9 Å². The van der Waals surface area contributed by atoms with Crippen molar-refractivity contribution >= 4 is 5.91 Å². The maximum Gasteiger partial charge on any atom is 0.246 e. The summed E-state index contributed by atoms with van der Waals surface area (Å²) in [4.78, 5) is 11.2. The molecule has 0 bridgehead atoms. The zero-order chi connectivity index (χ0) is 18.9. The van der Waals surface area contributed by atoms with Gasteiger partial charge in [-0.3, -0.25) is 4.79 Å². The summed E-state index contributed by atoms with van der Waals surface area (Å²) < 4.78 is 17.0. The Hall–Kier alpha value is -2.53. The molecule has 2 aromatic rings. The summed E-state index contributed by atoms with van der Waals surface area (Å²) >= 11 is 0. The molecule has 0 radical (unpaired) electrons. The molecule has 2 aromatic carbocycles. The average Bonchev–Trinajstić information content (AvgIpc) is 2.72. The van der Waals surface area contributed by atoms with Crippen LogP contribution in [0.5, 0.6) is 11.5 Å². The minimum atomic E-state index is -0.151. The fourth-order valence-corrected chi connectivity index (χ4v) is 3.15. The van der Waals surface area contributed by atoms with Crippen molar-refractivity contribution in [3.63, 3.8) is 0 Å². The number of benzene rings is 2. The minimum absolute atomic E-state index is 0.0771. The maximum atomic E-state index is 11.2. The summed E-state index contributed by atoms with van der Waals surface area (Å²) in [7, 11) is 1.64. The highest BCUT2D eigenvalue weighted by molar-refractivity contribution is 5.77. The lowest BCUT2D eigenvalue weighted by Gasteiger charge is -2.24. The molecular weight excluding hydrogens is 342 g/mol. The molecule has 1 fully saturated rings. The van der Waals surface area contributed by atoms with Crippen molar-refractivity contribution in [3.8, 4) is 11.5 Å². The van der Waals surface area contributed by atoms with Gasteiger partial charge in [0, 0.05) is 6.54 Å². The molecule has 1 heterocycles. The SMILES string of the molecule is COc1ccc(C2CNC(=O)CO2)cc1OCCCCCc1ccccc1. The summed E-state index contributed by atoms with van der Waals surface area (Å²) in [6.45, 7) is 1.22. The maximum absolute atomic E-state index is 11.2. The van der Waals surface area contributed by atoms with Crippen LogP contribution in [0.2, 0.25) is 0 Å². The summed E-state index contributed by atoms with van der Waals surface area (Å²) in [5, 5.41) is 2.82. The normalized spacial score (nSPS) is 16.6. The van der Waals surface area contributed by atoms with Gasteiger partial charge in [-0.25, -0.2) is 0 Å². The zero-order valence-electron chi connectivity index (χ0n) is 15.8. The molecule has 27 heavy (non-hydrogen) atoms. The van der Waals surface area contributed by atoms with Crippen LogP contribution in [0, 0.1) is 0 Å². The molecule has 5 nitrogen and oxygen atoms in total. The Bertz CT molecular complexity index is 722. The van der Waals surface area contributed by atoms with Crippen LogP contribution in [-0.4, -0.2) is 32.8 Å². The predicted octanol–water partition coefficient (Wildman–Crippen LogP) is 3.67. The molecule has 0 aromatic heterocycles. The Balaban J connectivity index is 1.46. The van der Waals surface area contributed by atoms with E-state index in [1.165, 1.54) is 5.56 Å². The zero-order valence-corrected chi connectivity index (χ0v) is 15.8. The van der Waals surface area contributed by atoms with E-state index < -0.39 is 0 Å². The first-order valence-electron chi connectivity index (χ1n) is 9.49. The molecule has 144 valence electrons. The van der Waals surface area contributed by atoms with Gasteiger partial charge in [0.2, 0.25) is 5.91 Å². The van der Waals surface area contributed by atoms with E-state index in [1.807, 2.05) is 24.3 Å². The summed E-state index contributed by atoms with van der Waals surface area (Å²) in [6.07, 6.45) is 4.22. The van der Waals surface area contributed by atoms with Crippen molar-refractivity contribution in [1.82, 2.24) is 5.32 Å². The molecule has 1 aliphatic rings. The topological polar surface area (TPSA) is 56.8 Å². The molecule has 1 aliphatic heterocycles. The molecule has 1 N–H and O–H groups in total. The van der Waals surface area contributed by atoms with Gasteiger partial charge in [-0.05, 0) is 48.9 Å². The molecule has 1 unspecified atom stereocenters. The van der Waals surface area contributed by atoms with Gasteiger partial charge >= 0.3 is 0 Å². The van der Waals surface area contributed by atoms with Crippen LogP contribution >= 0.6 is 0 Å². The minimum Gasteiger partial charge on any atom is -0.493 e. The number of rotatable bonds is 9. The quantitative estimate of drug-likeness (QED) is 0.685. The van der Waals surface area contributed by atoms with Crippen LogP contribution in [0.1, 0.15) is 36.5 Å². The van der Waals surface area contributed by atoms with E-state index in [4.69, 9.17) is 14.2 Å². The van der Waals surface area contributed by atoms with Crippen molar-refractivity contribution < 1.29 is 19.0 Å². The Kier molecular flexibility index (Phi) is 7.11. The van der Waals surface area contributed by atoms with E-state index in [-0.39, 0.29) is 18.6 Å². The van der Waals surface area contributed by atoms with Crippen molar-refractivity contribution in [1.29, 1.82) is 0 Å². The van der Waals surface area contributed by atoms with Gasteiger partial charge in [0.1, 0.15) is 12.7 Å². The van der Waals surface area contributed by atoms with E-state index in [0.29, 0.717) is 18.9 Å². The lowest BCUT2D eigenvalue weighted by atomic mass is 10.1. The number of nitrogens with one attached hydrogen (secondary N) is 1. The second-order valence-corrected chi connectivity index (χ2v) is 6.66. The van der Waals surface area contributed by atoms with Crippen LogP contribution in [0.4, 0.5) is 0 Å². The first kappa shape index (κ1) is 19.2. The highest BCUT2D eigenvalue weighted by atomic mass is 16.5. The number of methoxy groups -OCH3 is 1. The van der Waals surface area contributed by atoms with Gasteiger partial charge in [-0.2, -0.15) is 0 Å². The third-order valence-corrected chi connectivity index (χ3v) is 4.67. The molecule has 1 atom stereocenters. The molecule has 3 rings (SSSR count). The Morgan fingerprint density at radius 3 is 2.67 bits per heavy atom. The smallest absolute Gasteiger partial charge is 0.246 e. The number of unbranched alkanes of at least 4 members (excludes halogenated alkanes) is 2. The largest absolute Gasteiger partial charge is 0.493 e. The Morgan fingerprint density at radius 2 is 1.93 bits per heavy atom. The number of ether oxygens (including phenoxy) is 3. The van der Waals surface area contributed by atoms with Crippen molar-refractivity contribution in [2.24, 2.45) is 0 Å². The lowest BCUT2D eigenvalue weighted by molar-refractivity contribution is -0.133. The Labute approximate surface area is 160 Å². The van der Waals surface area contributed by atoms with Crippen molar-refractivity contribution in [2.45, 2.75) is 31.8 Å². The number of hydrogen-bond donors (Lipinski definition) is 1. The number of aryl methyl sites for hydroxylation is 1. The van der Waals surface area contributed by atoms with Gasteiger partial charge in [-0.15, -0.1) is 0 Å². The van der Waals surface area contributed by atoms with Crippen LogP contribution in [0.15, 0.2) is 48.5 Å². The highest BCUT2D eigenvalue weighted by Crippen LogP contribution is 2.32.